The Kier molecular flexibility index (Phi) is 4.87. The van der Waals surface area contributed by atoms with E-state index in [1.54, 1.807) is 31.2 Å². The fraction of sp³-hybridized carbons (Fsp3) is 0.0714. The van der Waals surface area contributed by atoms with Crippen molar-refractivity contribution in [1.29, 1.82) is 0 Å². The highest BCUT2D eigenvalue weighted by Gasteiger charge is 2.19. The van der Waals surface area contributed by atoms with Crippen molar-refractivity contribution in [3.8, 4) is 0 Å². The molecule has 0 bridgehead atoms. The Morgan fingerprint density at radius 1 is 1.13 bits per heavy atom. The zero-order valence-corrected chi connectivity index (χ0v) is 12.6. The third kappa shape index (κ3) is 3.80. The maximum absolute atomic E-state index is 11.0. The molecule has 2 aromatic rings. The van der Waals surface area contributed by atoms with Crippen molar-refractivity contribution in [2.24, 2.45) is 5.10 Å². The van der Waals surface area contributed by atoms with Crippen LogP contribution in [0, 0.1) is 20.2 Å². The molecule has 23 heavy (non-hydrogen) atoms. The molecule has 0 aromatic heterocycles. The van der Waals surface area contributed by atoms with Crippen LogP contribution in [-0.2, 0) is 0 Å². The minimum Gasteiger partial charge on any atom is -0.271 e. The second kappa shape index (κ2) is 6.84. The van der Waals surface area contributed by atoms with Gasteiger partial charge in [0.1, 0.15) is 5.69 Å². The van der Waals surface area contributed by atoms with E-state index in [9.17, 15) is 20.2 Å². The van der Waals surface area contributed by atoms with Crippen molar-refractivity contribution in [2.45, 2.75) is 6.92 Å². The Bertz CT molecular complexity index is 807. The van der Waals surface area contributed by atoms with E-state index in [2.05, 4.69) is 10.5 Å². The summed E-state index contributed by atoms with van der Waals surface area (Å²) in [5.41, 5.74) is 2.99. The zero-order chi connectivity index (χ0) is 17.0. The van der Waals surface area contributed by atoms with Crippen molar-refractivity contribution in [1.82, 2.24) is 0 Å². The smallest absolute Gasteiger partial charge is 0.271 e. The third-order valence-corrected chi connectivity index (χ3v) is 3.33. The summed E-state index contributed by atoms with van der Waals surface area (Å²) < 4.78 is 0. The monoisotopic (exact) mass is 334 g/mol. The molecular formula is C14H11ClN4O4. The molecule has 118 valence electrons. The van der Waals surface area contributed by atoms with Gasteiger partial charge in [-0.3, -0.25) is 25.7 Å². The molecule has 0 saturated heterocycles. The second-order valence-corrected chi connectivity index (χ2v) is 4.91. The van der Waals surface area contributed by atoms with E-state index < -0.39 is 15.5 Å². The van der Waals surface area contributed by atoms with E-state index in [1.165, 1.54) is 6.07 Å². The number of rotatable bonds is 5. The molecule has 0 aliphatic rings. The summed E-state index contributed by atoms with van der Waals surface area (Å²) in [6.07, 6.45) is 0. The predicted octanol–water partition coefficient (Wildman–Crippen LogP) is 3.99. The van der Waals surface area contributed by atoms with Crippen LogP contribution in [0.15, 0.2) is 47.6 Å². The average molecular weight is 335 g/mol. The Labute approximate surface area is 135 Å². The lowest BCUT2D eigenvalue weighted by Gasteiger charge is -2.06. The third-order valence-electron chi connectivity index (χ3n) is 3.00. The summed E-state index contributed by atoms with van der Waals surface area (Å²) in [4.78, 5) is 20.3. The summed E-state index contributed by atoms with van der Waals surface area (Å²) in [6, 6.07) is 10.3. The molecule has 9 heteroatoms. The van der Waals surface area contributed by atoms with Gasteiger partial charge in [-0.2, -0.15) is 5.10 Å². The van der Waals surface area contributed by atoms with E-state index in [0.29, 0.717) is 16.3 Å². The molecule has 0 saturated carbocycles. The van der Waals surface area contributed by atoms with Crippen LogP contribution in [0.5, 0.6) is 0 Å². The van der Waals surface area contributed by atoms with Crippen LogP contribution in [0.4, 0.5) is 17.1 Å². The fourth-order valence-electron chi connectivity index (χ4n) is 1.84. The van der Waals surface area contributed by atoms with Crippen molar-refractivity contribution >= 4 is 34.4 Å². The van der Waals surface area contributed by atoms with Gasteiger partial charge in [-0.05, 0) is 19.1 Å². The van der Waals surface area contributed by atoms with Gasteiger partial charge in [-0.15, -0.1) is 0 Å². The molecule has 0 atom stereocenters. The van der Waals surface area contributed by atoms with Gasteiger partial charge < -0.3 is 0 Å². The maximum atomic E-state index is 11.0. The van der Waals surface area contributed by atoms with Crippen LogP contribution in [-0.4, -0.2) is 15.6 Å². The molecular weight excluding hydrogens is 324 g/mol. The number of nitrogens with one attached hydrogen (secondary N) is 1. The van der Waals surface area contributed by atoms with Gasteiger partial charge >= 0.3 is 5.69 Å². The van der Waals surface area contributed by atoms with Gasteiger partial charge in [0, 0.05) is 16.7 Å². The van der Waals surface area contributed by atoms with Crippen LogP contribution >= 0.6 is 11.6 Å². The number of hydrazone groups is 1. The predicted molar refractivity (Wildman–Crippen MR) is 87.0 cm³/mol. The molecule has 1 N–H and O–H groups in total. The molecule has 0 fully saturated rings. The topological polar surface area (TPSA) is 111 Å². The van der Waals surface area contributed by atoms with Gasteiger partial charge in [0.15, 0.2) is 0 Å². The van der Waals surface area contributed by atoms with Gasteiger partial charge in [0.2, 0.25) is 0 Å². The summed E-state index contributed by atoms with van der Waals surface area (Å²) >= 11 is 6.05. The van der Waals surface area contributed by atoms with Crippen molar-refractivity contribution in [3.63, 3.8) is 0 Å². The number of non-ortho nitro benzene ring substituents is 1. The number of anilines is 1. The van der Waals surface area contributed by atoms with Gasteiger partial charge in [-0.25, -0.2) is 0 Å². The van der Waals surface area contributed by atoms with Crippen molar-refractivity contribution < 1.29 is 9.85 Å². The first kappa shape index (κ1) is 16.4. The standard InChI is InChI=1S/C14H11ClN4O4/c1-9(11-4-2-3-5-12(11)15)16-17-13-7-6-10(18(20)21)8-14(13)19(22)23/h2-8,17H,1H3/b16-9+. The lowest BCUT2D eigenvalue weighted by Crippen LogP contribution is -2.03. The van der Waals surface area contributed by atoms with Crippen LogP contribution in [0.2, 0.25) is 5.02 Å². The van der Waals surface area contributed by atoms with Crippen LogP contribution in [0.3, 0.4) is 0 Å². The minimum absolute atomic E-state index is 0.0482. The minimum atomic E-state index is -0.713. The number of nitro groups is 2. The SMILES string of the molecule is C/C(=N\Nc1ccc([N+](=O)[O-])cc1[N+](=O)[O-])c1ccccc1Cl. The molecule has 2 aromatic carbocycles. The molecule has 0 spiro atoms. The van der Waals surface area contributed by atoms with Crippen molar-refractivity contribution in [2.75, 3.05) is 5.43 Å². The number of hydrogen-bond donors (Lipinski definition) is 1. The number of halogens is 1. The quantitative estimate of drug-likeness (QED) is 0.504. The largest absolute Gasteiger partial charge is 0.301 e. The van der Waals surface area contributed by atoms with Crippen LogP contribution in [0.1, 0.15) is 12.5 Å². The first-order valence-electron chi connectivity index (χ1n) is 6.38. The molecule has 0 aliphatic heterocycles. The Balaban J connectivity index is 2.33. The Hall–Kier alpha value is -3.00. The second-order valence-electron chi connectivity index (χ2n) is 4.50. The maximum Gasteiger partial charge on any atom is 0.301 e. The summed E-state index contributed by atoms with van der Waals surface area (Å²) in [5.74, 6) is 0. The lowest BCUT2D eigenvalue weighted by atomic mass is 10.1. The molecule has 0 heterocycles. The molecule has 0 unspecified atom stereocenters. The van der Waals surface area contributed by atoms with E-state index in [-0.39, 0.29) is 11.4 Å². The Morgan fingerprint density at radius 3 is 2.43 bits per heavy atom. The van der Waals surface area contributed by atoms with E-state index in [1.807, 2.05) is 0 Å². The van der Waals surface area contributed by atoms with Gasteiger partial charge in [-0.1, -0.05) is 29.8 Å². The molecule has 2 rings (SSSR count). The Morgan fingerprint density at radius 2 is 1.83 bits per heavy atom. The van der Waals surface area contributed by atoms with Gasteiger partial charge in [0.05, 0.1) is 21.6 Å². The first-order valence-corrected chi connectivity index (χ1v) is 6.76. The number of hydrogen-bond acceptors (Lipinski definition) is 6. The normalized spacial score (nSPS) is 11.1. The number of benzene rings is 2. The van der Waals surface area contributed by atoms with E-state index >= 15 is 0 Å². The summed E-state index contributed by atoms with van der Waals surface area (Å²) in [7, 11) is 0. The summed E-state index contributed by atoms with van der Waals surface area (Å²) in [5, 5.41) is 26.3. The van der Waals surface area contributed by atoms with E-state index in [0.717, 1.165) is 12.1 Å². The van der Waals surface area contributed by atoms with Crippen LogP contribution < -0.4 is 5.43 Å². The number of nitrogens with zero attached hydrogens (tertiary/aromatic N) is 3. The van der Waals surface area contributed by atoms with Crippen LogP contribution in [0.25, 0.3) is 0 Å². The number of nitro benzene ring substituents is 2. The molecule has 0 amide bonds. The first-order chi connectivity index (χ1) is 10.9. The molecule has 8 nitrogen and oxygen atoms in total. The average Bonchev–Trinajstić information content (AvgIpc) is 2.52. The van der Waals surface area contributed by atoms with E-state index in [4.69, 9.17) is 11.6 Å². The fourth-order valence-corrected chi connectivity index (χ4v) is 2.11. The van der Waals surface area contributed by atoms with Crippen molar-refractivity contribution in [3.05, 3.63) is 73.3 Å². The molecule has 0 aliphatic carbocycles. The molecule has 0 radical (unpaired) electrons. The highest BCUT2D eigenvalue weighted by Crippen LogP contribution is 2.29. The summed E-state index contributed by atoms with van der Waals surface area (Å²) in [6.45, 7) is 1.69. The van der Waals surface area contributed by atoms with Gasteiger partial charge in [0.25, 0.3) is 5.69 Å². The highest BCUT2D eigenvalue weighted by atomic mass is 35.5. The highest BCUT2D eigenvalue weighted by molar-refractivity contribution is 6.34. The zero-order valence-electron chi connectivity index (χ0n) is 11.9. The lowest BCUT2D eigenvalue weighted by molar-refractivity contribution is -0.393.